The van der Waals surface area contributed by atoms with Gasteiger partial charge < -0.3 is 20.1 Å². The number of nitrogens with zero attached hydrogens (tertiary/aromatic N) is 3. The first-order valence-electron chi connectivity index (χ1n) is 10.6. The molecule has 1 amide bonds. The van der Waals surface area contributed by atoms with Gasteiger partial charge in [0, 0.05) is 49.7 Å². The lowest BCUT2D eigenvalue weighted by atomic mass is 10.1. The van der Waals surface area contributed by atoms with E-state index < -0.39 is 0 Å². The summed E-state index contributed by atoms with van der Waals surface area (Å²) in [6, 6.07) is 11.0. The zero-order chi connectivity index (χ0) is 22.8. The van der Waals surface area contributed by atoms with Gasteiger partial charge in [0.15, 0.2) is 4.77 Å². The lowest BCUT2D eigenvalue weighted by molar-refractivity contribution is 0.102. The number of aromatic amines is 1. The molecule has 8 heteroatoms. The van der Waals surface area contributed by atoms with E-state index in [9.17, 15) is 9.59 Å². The van der Waals surface area contributed by atoms with Crippen LogP contribution in [0.4, 0.5) is 11.4 Å². The lowest BCUT2D eigenvalue weighted by Gasteiger charge is -2.35. The lowest BCUT2D eigenvalue weighted by Crippen LogP contribution is -2.44. The maximum atomic E-state index is 12.9. The number of rotatable bonds is 5. The maximum Gasteiger partial charge on any atom is 0.262 e. The molecule has 2 heterocycles. The van der Waals surface area contributed by atoms with Crippen molar-refractivity contribution in [3.05, 3.63) is 75.3 Å². The second-order valence-electron chi connectivity index (χ2n) is 8.14. The van der Waals surface area contributed by atoms with Crippen LogP contribution in [0.25, 0.3) is 10.9 Å². The van der Waals surface area contributed by atoms with Crippen LogP contribution in [0.1, 0.15) is 15.9 Å². The molecule has 0 saturated carbocycles. The van der Waals surface area contributed by atoms with E-state index in [1.165, 1.54) is 10.3 Å². The number of H-pyrrole nitrogens is 1. The number of aromatic nitrogens is 2. The second kappa shape index (κ2) is 9.10. The topological polar surface area (TPSA) is 73.4 Å². The summed E-state index contributed by atoms with van der Waals surface area (Å²) in [5, 5.41) is 3.44. The minimum Gasteiger partial charge on any atom is -0.369 e. The number of likely N-dealkylation sites (N-methyl/N-ethyl adjacent to an activating group) is 1. The Kier molecular flexibility index (Phi) is 6.25. The SMILES string of the molecule is C=CCn1c(=S)[nH]c2cc(C(=O)Nc3ccc(N4CCN(C)CC4)c(C)c3)ccc2c1=O. The number of carbonyl (C=O) groups is 1. The minimum atomic E-state index is -0.242. The molecule has 1 aliphatic rings. The van der Waals surface area contributed by atoms with Crippen LogP contribution in [0, 0.1) is 11.7 Å². The van der Waals surface area contributed by atoms with Crippen molar-refractivity contribution in [3.63, 3.8) is 0 Å². The number of nitrogens with one attached hydrogen (secondary N) is 2. The molecule has 1 fully saturated rings. The van der Waals surface area contributed by atoms with Crippen LogP contribution in [0.5, 0.6) is 0 Å². The summed E-state index contributed by atoms with van der Waals surface area (Å²) in [6.45, 7) is 10.1. The van der Waals surface area contributed by atoms with Crippen LogP contribution in [-0.4, -0.2) is 53.6 Å². The summed E-state index contributed by atoms with van der Waals surface area (Å²) in [5.74, 6) is -0.242. The van der Waals surface area contributed by atoms with Gasteiger partial charge in [-0.15, -0.1) is 6.58 Å². The Hall–Kier alpha value is -3.23. The second-order valence-corrected chi connectivity index (χ2v) is 8.53. The molecule has 0 radical (unpaired) electrons. The van der Waals surface area contributed by atoms with Gasteiger partial charge in [0.25, 0.3) is 11.5 Å². The van der Waals surface area contributed by atoms with E-state index in [4.69, 9.17) is 12.2 Å². The molecule has 2 aromatic carbocycles. The fourth-order valence-corrected chi connectivity index (χ4v) is 4.30. The number of fused-ring (bicyclic) bond motifs is 1. The van der Waals surface area contributed by atoms with Gasteiger partial charge in [-0.05, 0) is 68.2 Å². The Bertz CT molecular complexity index is 1300. The molecular formula is C24H27N5O2S. The van der Waals surface area contributed by atoms with Crippen LogP contribution < -0.4 is 15.8 Å². The van der Waals surface area contributed by atoms with Crippen molar-refractivity contribution in [1.82, 2.24) is 14.5 Å². The highest BCUT2D eigenvalue weighted by atomic mass is 32.1. The molecule has 3 aromatic rings. The number of hydrogen-bond donors (Lipinski definition) is 2. The Morgan fingerprint density at radius 3 is 2.62 bits per heavy atom. The zero-order valence-corrected chi connectivity index (χ0v) is 19.2. The standard InChI is InChI=1S/C24H27N5O2S/c1-4-9-29-23(31)19-7-5-17(15-20(19)26-24(29)32)22(30)25-18-6-8-21(16(2)14-18)28-12-10-27(3)11-13-28/h4-8,14-15H,1,9-13H2,2-3H3,(H,25,30)(H,26,32). The molecule has 7 nitrogen and oxygen atoms in total. The Morgan fingerprint density at radius 2 is 1.94 bits per heavy atom. The normalized spacial score (nSPS) is 14.5. The van der Waals surface area contributed by atoms with Crippen molar-refractivity contribution in [3.8, 4) is 0 Å². The van der Waals surface area contributed by atoms with E-state index in [2.05, 4.69) is 46.7 Å². The third-order valence-corrected chi connectivity index (χ3v) is 6.18. The van der Waals surface area contributed by atoms with E-state index >= 15 is 0 Å². The third-order valence-electron chi connectivity index (χ3n) is 5.85. The molecule has 4 rings (SSSR count). The highest BCUT2D eigenvalue weighted by Crippen LogP contribution is 2.25. The highest BCUT2D eigenvalue weighted by Gasteiger charge is 2.16. The first-order valence-corrected chi connectivity index (χ1v) is 11.0. The van der Waals surface area contributed by atoms with Gasteiger partial charge in [0.1, 0.15) is 0 Å². The number of hydrogen-bond acceptors (Lipinski definition) is 5. The van der Waals surface area contributed by atoms with Crippen molar-refractivity contribution in [2.75, 3.05) is 43.4 Å². The number of aryl methyl sites for hydroxylation is 1. The van der Waals surface area contributed by atoms with Crippen molar-refractivity contribution in [2.24, 2.45) is 0 Å². The summed E-state index contributed by atoms with van der Waals surface area (Å²) in [7, 11) is 2.14. The summed E-state index contributed by atoms with van der Waals surface area (Å²) in [4.78, 5) is 33.3. The van der Waals surface area contributed by atoms with Crippen molar-refractivity contribution in [2.45, 2.75) is 13.5 Å². The molecule has 32 heavy (non-hydrogen) atoms. The number of carbonyl (C=O) groups excluding carboxylic acids is 1. The molecule has 0 spiro atoms. The average Bonchev–Trinajstić information content (AvgIpc) is 2.77. The molecule has 0 bridgehead atoms. The van der Waals surface area contributed by atoms with Gasteiger partial charge in [0.2, 0.25) is 0 Å². The molecule has 1 aromatic heterocycles. The average molecular weight is 450 g/mol. The van der Waals surface area contributed by atoms with Crippen molar-refractivity contribution < 1.29 is 4.79 Å². The van der Waals surface area contributed by atoms with Gasteiger partial charge in [-0.1, -0.05) is 6.08 Å². The van der Waals surface area contributed by atoms with Crippen molar-refractivity contribution >= 4 is 40.4 Å². The van der Waals surface area contributed by atoms with Crippen molar-refractivity contribution in [1.29, 1.82) is 0 Å². The molecule has 0 unspecified atom stereocenters. The molecule has 2 N–H and O–H groups in total. The number of anilines is 2. The minimum absolute atomic E-state index is 0.203. The molecule has 1 saturated heterocycles. The quantitative estimate of drug-likeness (QED) is 0.460. The smallest absolute Gasteiger partial charge is 0.262 e. The monoisotopic (exact) mass is 449 g/mol. The largest absolute Gasteiger partial charge is 0.369 e. The summed E-state index contributed by atoms with van der Waals surface area (Å²) in [5.41, 5.74) is 3.84. The summed E-state index contributed by atoms with van der Waals surface area (Å²) in [6.07, 6.45) is 1.62. The van der Waals surface area contributed by atoms with E-state index in [-0.39, 0.29) is 11.5 Å². The van der Waals surface area contributed by atoms with E-state index in [1.54, 1.807) is 24.3 Å². The highest BCUT2D eigenvalue weighted by molar-refractivity contribution is 7.71. The molecule has 0 atom stereocenters. The van der Waals surface area contributed by atoms with Crippen LogP contribution in [-0.2, 0) is 6.54 Å². The fraction of sp³-hybridized carbons (Fsp3) is 0.292. The first kappa shape index (κ1) is 22.0. The number of piperazine rings is 1. The summed E-state index contributed by atoms with van der Waals surface area (Å²) >= 11 is 5.29. The van der Waals surface area contributed by atoms with Crippen LogP contribution in [0.3, 0.4) is 0 Å². The Balaban J connectivity index is 1.55. The Morgan fingerprint density at radius 1 is 1.19 bits per heavy atom. The molecular weight excluding hydrogens is 422 g/mol. The maximum absolute atomic E-state index is 12.9. The van der Waals surface area contributed by atoms with Gasteiger partial charge in [-0.3, -0.25) is 14.2 Å². The van der Waals surface area contributed by atoms with Gasteiger partial charge >= 0.3 is 0 Å². The van der Waals surface area contributed by atoms with E-state index in [1.807, 2.05) is 12.1 Å². The number of amides is 1. The number of benzene rings is 2. The van der Waals surface area contributed by atoms with Gasteiger partial charge in [-0.25, -0.2) is 0 Å². The molecule has 0 aliphatic carbocycles. The third kappa shape index (κ3) is 4.37. The van der Waals surface area contributed by atoms with Crippen LogP contribution in [0.2, 0.25) is 0 Å². The first-order chi connectivity index (χ1) is 15.4. The van der Waals surface area contributed by atoms with Crippen LogP contribution in [0.15, 0.2) is 53.8 Å². The summed E-state index contributed by atoms with van der Waals surface area (Å²) < 4.78 is 1.74. The Labute approximate surface area is 192 Å². The molecule has 1 aliphatic heterocycles. The van der Waals surface area contributed by atoms with E-state index in [0.717, 1.165) is 37.4 Å². The van der Waals surface area contributed by atoms with Gasteiger partial charge in [0.05, 0.1) is 10.9 Å². The van der Waals surface area contributed by atoms with Gasteiger partial charge in [-0.2, -0.15) is 0 Å². The predicted octanol–water partition coefficient (Wildman–Crippen LogP) is 3.56. The van der Waals surface area contributed by atoms with E-state index in [0.29, 0.717) is 27.8 Å². The fourth-order valence-electron chi connectivity index (χ4n) is 4.03. The molecule has 166 valence electrons. The number of allylic oxidation sites excluding steroid dienone is 1. The van der Waals surface area contributed by atoms with Crippen LogP contribution >= 0.6 is 12.2 Å². The predicted molar refractivity (Wildman–Crippen MR) is 132 cm³/mol. The zero-order valence-electron chi connectivity index (χ0n) is 18.4.